The van der Waals surface area contributed by atoms with E-state index in [1.165, 1.54) is 29.7 Å². The lowest BCUT2D eigenvalue weighted by atomic mass is 9.60. The van der Waals surface area contributed by atoms with Gasteiger partial charge < -0.3 is 5.32 Å². The number of nitrogens with one attached hydrogen (secondary N) is 1. The minimum atomic E-state index is 0.330. The van der Waals surface area contributed by atoms with Crippen LogP contribution in [-0.2, 0) is 6.42 Å². The van der Waals surface area contributed by atoms with Crippen LogP contribution in [0.1, 0.15) is 87.1 Å². The molecule has 0 heterocycles. The molecular formula is C27H45N. The average Bonchev–Trinajstić information content (AvgIpc) is 2.48. The van der Waals surface area contributed by atoms with Crippen molar-refractivity contribution in [2.45, 2.75) is 94.0 Å². The van der Waals surface area contributed by atoms with E-state index in [9.17, 15) is 0 Å². The standard InChI is InChI=1S/C27H45N/c1-19-16-24(20(2)15-23(19)27(9,10)18-26(6,7)8)28-22-13-11-21(12-14-22)17-25(3,4)5/h11-14,19,23-24,28H,2,15-18H2,1,3-10H3. The number of hydrogen-bond acceptors (Lipinski definition) is 1. The molecular weight excluding hydrogens is 338 g/mol. The quantitative estimate of drug-likeness (QED) is 0.506. The third kappa shape index (κ3) is 6.68. The van der Waals surface area contributed by atoms with Gasteiger partial charge in [-0.25, -0.2) is 0 Å². The molecule has 28 heavy (non-hydrogen) atoms. The highest BCUT2D eigenvalue weighted by molar-refractivity contribution is 5.47. The normalized spacial score (nSPS) is 24.3. The van der Waals surface area contributed by atoms with E-state index in [0.717, 1.165) is 12.8 Å². The lowest BCUT2D eigenvalue weighted by molar-refractivity contribution is 0.0735. The van der Waals surface area contributed by atoms with Gasteiger partial charge in [-0.05, 0) is 71.5 Å². The molecule has 1 saturated carbocycles. The Labute approximate surface area is 175 Å². The van der Waals surface area contributed by atoms with Gasteiger partial charge in [0.15, 0.2) is 0 Å². The van der Waals surface area contributed by atoms with Crippen molar-refractivity contribution < 1.29 is 0 Å². The van der Waals surface area contributed by atoms with Crippen molar-refractivity contribution in [1.82, 2.24) is 0 Å². The molecule has 0 bridgehead atoms. The Morgan fingerprint density at radius 2 is 1.50 bits per heavy atom. The number of hydrogen-bond donors (Lipinski definition) is 1. The first-order valence-corrected chi connectivity index (χ1v) is 11.2. The molecule has 1 fully saturated rings. The van der Waals surface area contributed by atoms with Crippen molar-refractivity contribution >= 4 is 5.69 Å². The largest absolute Gasteiger partial charge is 0.379 e. The first-order chi connectivity index (χ1) is 12.7. The van der Waals surface area contributed by atoms with E-state index < -0.39 is 0 Å². The highest BCUT2D eigenvalue weighted by Crippen LogP contribution is 2.49. The van der Waals surface area contributed by atoms with Gasteiger partial charge in [-0.1, -0.05) is 86.6 Å². The Bertz CT molecular complexity index is 651. The molecule has 0 amide bonds. The molecule has 1 heteroatoms. The zero-order chi connectivity index (χ0) is 21.3. The van der Waals surface area contributed by atoms with Crippen LogP contribution in [0.4, 0.5) is 5.69 Å². The third-order valence-corrected chi connectivity index (χ3v) is 6.29. The Kier molecular flexibility index (Phi) is 6.79. The number of benzene rings is 1. The summed E-state index contributed by atoms with van der Waals surface area (Å²) in [6.45, 7) is 25.9. The van der Waals surface area contributed by atoms with Gasteiger partial charge in [0.05, 0.1) is 0 Å². The predicted molar refractivity (Wildman–Crippen MR) is 126 cm³/mol. The van der Waals surface area contributed by atoms with Crippen LogP contribution in [0.15, 0.2) is 36.4 Å². The average molecular weight is 384 g/mol. The van der Waals surface area contributed by atoms with Crippen molar-refractivity contribution in [3.05, 3.63) is 42.0 Å². The fourth-order valence-electron chi connectivity index (χ4n) is 5.57. The van der Waals surface area contributed by atoms with Gasteiger partial charge in [-0.15, -0.1) is 0 Å². The number of anilines is 1. The predicted octanol–water partition coefficient (Wildman–Crippen LogP) is 8.12. The van der Waals surface area contributed by atoms with Crippen LogP contribution in [0.2, 0.25) is 0 Å². The van der Waals surface area contributed by atoms with Crippen molar-refractivity contribution in [1.29, 1.82) is 0 Å². The summed E-state index contributed by atoms with van der Waals surface area (Å²) >= 11 is 0. The molecule has 1 nitrogen and oxygen atoms in total. The van der Waals surface area contributed by atoms with Gasteiger partial charge in [-0.3, -0.25) is 0 Å². The van der Waals surface area contributed by atoms with Crippen molar-refractivity contribution in [3.8, 4) is 0 Å². The molecule has 0 radical (unpaired) electrons. The second-order valence-corrected chi connectivity index (χ2v) is 12.5. The van der Waals surface area contributed by atoms with Crippen LogP contribution >= 0.6 is 0 Å². The molecule has 158 valence electrons. The second kappa shape index (κ2) is 8.25. The first kappa shape index (κ1) is 23.0. The van der Waals surface area contributed by atoms with Crippen LogP contribution in [0, 0.1) is 28.1 Å². The van der Waals surface area contributed by atoms with E-state index in [0.29, 0.717) is 34.1 Å². The molecule has 3 atom stereocenters. The van der Waals surface area contributed by atoms with Gasteiger partial charge in [0.1, 0.15) is 0 Å². The summed E-state index contributed by atoms with van der Waals surface area (Å²) < 4.78 is 0. The molecule has 1 aliphatic rings. The molecule has 1 aliphatic carbocycles. The molecule has 1 aromatic carbocycles. The van der Waals surface area contributed by atoms with Crippen LogP contribution in [-0.4, -0.2) is 6.04 Å². The third-order valence-electron chi connectivity index (χ3n) is 6.29. The molecule has 3 unspecified atom stereocenters. The Morgan fingerprint density at radius 1 is 0.929 bits per heavy atom. The van der Waals surface area contributed by atoms with Gasteiger partial charge in [0.25, 0.3) is 0 Å². The van der Waals surface area contributed by atoms with E-state index in [1.807, 2.05) is 0 Å². The second-order valence-electron chi connectivity index (χ2n) is 12.5. The Hall–Kier alpha value is -1.24. The molecule has 0 aromatic heterocycles. The monoisotopic (exact) mass is 383 g/mol. The maximum Gasteiger partial charge on any atom is 0.0473 e. The topological polar surface area (TPSA) is 12.0 Å². The first-order valence-electron chi connectivity index (χ1n) is 11.2. The summed E-state index contributed by atoms with van der Waals surface area (Å²) in [7, 11) is 0. The lowest BCUT2D eigenvalue weighted by Crippen LogP contribution is -2.41. The number of rotatable bonds is 5. The molecule has 0 aliphatic heterocycles. The summed E-state index contributed by atoms with van der Waals surface area (Å²) in [6.07, 6.45) is 4.70. The smallest absolute Gasteiger partial charge is 0.0473 e. The van der Waals surface area contributed by atoms with E-state index in [-0.39, 0.29) is 0 Å². The lowest BCUT2D eigenvalue weighted by Gasteiger charge is -2.47. The summed E-state index contributed by atoms with van der Waals surface area (Å²) in [4.78, 5) is 0. The SMILES string of the molecule is C=C1CC(C(C)(C)CC(C)(C)C)C(C)CC1Nc1ccc(CC(C)(C)C)cc1. The highest BCUT2D eigenvalue weighted by Gasteiger charge is 2.40. The summed E-state index contributed by atoms with van der Waals surface area (Å²) in [5.41, 5.74) is 5.07. The van der Waals surface area contributed by atoms with Crippen LogP contribution in [0.3, 0.4) is 0 Å². The van der Waals surface area contributed by atoms with Crippen LogP contribution < -0.4 is 5.32 Å². The van der Waals surface area contributed by atoms with Gasteiger partial charge in [0.2, 0.25) is 0 Å². The van der Waals surface area contributed by atoms with Gasteiger partial charge >= 0.3 is 0 Å². The van der Waals surface area contributed by atoms with Crippen LogP contribution in [0.5, 0.6) is 0 Å². The van der Waals surface area contributed by atoms with E-state index in [4.69, 9.17) is 0 Å². The highest BCUT2D eigenvalue weighted by atomic mass is 14.9. The maximum absolute atomic E-state index is 4.49. The fraction of sp³-hybridized carbons (Fsp3) is 0.704. The Balaban J connectivity index is 2.02. The molecule has 1 aromatic rings. The zero-order valence-electron chi connectivity index (χ0n) is 20.1. The van der Waals surface area contributed by atoms with Crippen molar-refractivity contribution in [2.75, 3.05) is 5.32 Å². The molecule has 0 spiro atoms. The molecule has 1 N–H and O–H groups in total. The van der Waals surface area contributed by atoms with E-state index >= 15 is 0 Å². The molecule has 0 saturated heterocycles. The Morgan fingerprint density at radius 3 is 2.00 bits per heavy atom. The van der Waals surface area contributed by atoms with Crippen molar-refractivity contribution in [3.63, 3.8) is 0 Å². The zero-order valence-corrected chi connectivity index (χ0v) is 20.1. The minimum absolute atomic E-state index is 0.330. The van der Waals surface area contributed by atoms with E-state index in [1.54, 1.807) is 0 Å². The summed E-state index contributed by atoms with van der Waals surface area (Å²) in [5.74, 6) is 1.42. The molecule has 2 rings (SSSR count). The summed E-state index contributed by atoms with van der Waals surface area (Å²) in [5, 5.41) is 3.77. The summed E-state index contributed by atoms with van der Waals surface area (Å²) in [6, 6.07) is 9.43. The fourth-order valence-corrected chi connectivity index (χ4v) is 5.57. The van der Waals surface area contributed by atoms with Crippen molar-refractivity contribution in [2.24, 2.45) is 28.1 Å². The van der Waals surface area contributed by atoms with Gasteiger partial charge in [-0.2, -0.15) is 0 Å². The minimum Gasteiger partial charge on any atom is -0.379 e. The maximum atomic E-state index is 4.49. The van der Waals surface area contributed by atoms with E-state index in [2.05, 4.69) is 98.5 Å². The van der Waals surface area contributed by atoms with Gasteiger partial charge in [0, 0.05) is 11.7 Å². The van der Waals surface area contributed by atoms with Crippen LogP contribution in [0.25, 0.3) is 0 Å².